The summed E-state index contributed by atoms with van der Waals surface area (Å²) in [7, 11) is 0. The number of benzene rings is 2. The van der Waals surface area contributed by atoms with Gasteiger partial charge in [0.2, 0.25) is 5.65 Å². The molecule has 28 heavy (non-hydrogen) atoms. The van der Waals surface area contributed by atoms with E-state index in [0.717, 1.165) is 17.0 Å². The molecular weight excluding hydrogens is 396 g/mol. The van der Waals surface area contributed by atoms with Crippen molar-refractivity contribution in [1.29, 1.82) is 0 Å². The first kappa shape index (κ1) is 18.6. The lowest BCUT2D eigenvalue weighted by atomic mass is 10.2. The van der Waals surface area contributed by atoms with Crippen molar-refractivity contribution >= 4 is 29.0 Å². The Kier molecular flexibility index (Phi) is 5.36. The monoisotopic (exact) mass is 412 g/mol. The van der Waals surface area contributed by atoms with E-state index in [9.17, 15) is 4.79 Å². The molecule has 4 aromatic rings. The molecule has 2 aromatic carbocycles. The van der Waals surface area contributed by atoms with Gasteiger partial charge < -0.3 is 4.74 Å². The van der Waals surface area contributed by atoms with Crippen LogP contribution in [0.15, 0.2) is 70.9 Å². The number of rotatable bonds is 6. The smallest absolute Gasteiger partial charge is 0.300 e. The minimum Gasteiger partial charge on any atom is -0.494 e. The van der Waals surface area contributed by atoms with Crippen molar-refractivity contribution in [2.45, 2.75) is 17.8 Å². The van der Waals surface area contributed by atoms with E-state index in [1.165, 1.54) is 11.8 Å². The first-order valence-electron chi connectivity index (χ1n) is 8.73. The van der Waals surface area contributed by atoms with Crippen LogP contribution in [0.2, 0.25) is 5.02 Å². The highest BCUT2D eigenvalue weighted by Gasteiger charge is 2.13. The quantitative estimate of drug-likeness (QED) is 0.443. The van der Waals surface area contributed by atoms with Gasteiger partial charge in [-0.05, 0) is 42.8 Å². The Morgan fingerprint density at radius 2 is 1.86 bits per heavy atom. The van der Waals surface area contributed by atoms with Crippen LogP contribution in [0.3, 0.4) is 0 Å². The van der Waals surface area contributed by atoms with E-state index in [1.807, 2.05) is 55.5 Å². The summed E-state index contributed by atoms with van der Waals surface area (Å²) in [4.78, 5) is 12.9. The van der Waals surface area contributed by atoms with Crippen molar-refractivity contribution in [3.8, 4) is 11.4 Å². The molecule has 0 radical (unpaired) electrons. The molecule has 0 atom stereocenters. The van der Waals surface area contributed by atoms with Crippen LogP contribution in [0.25, 0.3) is 11.3 Å². The van der Waals surface area contributed by atoms with E-state index in [0.29, 0.717) is 22.5 Å². The van der Waals surface area contributed by atoms with Crippen LogP contribution in [-0.2, 0) is 5.75 Å². The average Bonchev–Trinajstić information content (AvgIpc) is 3.13. The lowest BCUT2D eigenvalue weighted by molar-refractivity contribution is 0.340. The van der Waals surface area contributed by atoms with Crippen molar-refractivity contribution < 1.29 is 4.74 Å². The fourth-order valence-electron chi connectivity index (χ4n) is 2.80. The molecular formula is C20H17ClN4O2S. The molecule has 142 valence electrons. The first-order chi connectivity index (χ1) is 13.7. The van der Waals surface area contributed by atoms with Gasteiger partial charge in [-0.2, -0.15) is 0 Å². The third-order valence-corrected chi connectivity index (χ3v) is 5.54. The van der Waals surface area contributed by atoms with E-state index in [1.54, 1.807) is 21.4 Å². The molecule has 0 N–H and O–H groups in total. The SMILES string of the molecule is CCOc1ccc(-n2ccn3c(SCc4ccccc4Cl)nnc3c2=O)cc1. The highest BCUT2D eigenvalue weighted by atomic mass is 35.5. The molecule has 0 spiro atoms. The van der Waals surface area contributed by atoms with Crippen molar-refractivity contribution in [3.05, 3.63) is 81.9 Å². The van der Waals surface area contributed by atoms with Gasteiger partial charge >= 0.3 is 5.56 Å². The van der Waals surface area contributed by atoms with Crippen LogP contribution in [-0.4, -0.2) is 25.8 Å². The third-order valence-electron chi connectivity index (χ3n) is 4.18. The number of aromatic nitrogens is 4. The largest absolute Gasteiger partial charge is 0.494 e. The second-order valence-corrected chi connectivity index (χ2v) is 7.31. The van der Waals surface area contributed by atoms with Gasteiger partial charge in [-0.1, -0.05) is 41.6 Å². The number of nitrogens with zero attached hydrogens (tertiary/aromatic N) is 4. The summed E-state index contributed by atoms with van der Waals surface area (Å²) >= 11 is 7.69. The molecule has 0 aliphatic heterocycles. The van der Waals surface area contributed by atoms with E-state index < -0.39 is 0 Å². The molecule has 0 aliphatic rings. The number of halogens is 1. The van der Waals surface area contributed by atoms with Crippen LogP contribution in [0.5, 0.6) is 5.75 Å². The van der Waals surface area contributed by atoms with Gasteiger partial charge in [-0.15, -0.1) is 10.2 Å². The van der Waals surface area contributed by atoms with Crippen LogP contribution in [0, 0.1) is 0 Å². The standard InChI is InChI=1S/C20H17ClN4O2S/c1-2-27-16-9-7-15(8-10-16)24-11-12-25-18(19(24)26)22-23-20(25)28-13-14-5-3-4-6-17(14)21/h3-12H,2,13H2,1H3. The summed E-state index contributed by atoms with van der Waals surface area (Å²) in [5, 5.41) is 9.62. The summed E-state index contributed by atoms with van der Waals surface area (Å²) in [5.74, 6) is 1.41. The van der Waals surface area contributed by atoms with E-state index in [2.05, 4.69) is 10.2 Å². The predicted molar refractivity (Wildman–Crippen MR) is 111 cm³/mol. The fraction of sp³-hybridized carbons (Fsp3) is 0.150. The molecule has 6 nitrogen and oxygen atoms in total. The minimum atomic E-state index is -0.233. The molecule has 2 aromatic heterocycles. The maximum Gasteiger partial charge on any atom is 0.300 e. The lowest BCUT2D eigenvalue weighted by Gasteiger charge is -2.08. The Morgan fingerprint density at radius 3 is 2.61 bits per heavy atom. The summed E-state index contributed by atoms with van der Waals surface area (Å²) < 4.78 is 8.69. The van der Waals surface area contributed by atoms with Crippen LogP contribution < -0.4 is 10.3 Å². The molecule has 8 heteroatoms. The van der Waals surface area contributed by atoms with Crippen LogP contribution >= 0.6 is 23.4 Å². The summed E-state index contributed by atoms with van der Waals surface area (Å²) in [5.41, 5.74) is 1.79. The van der Waals surface area contributed by atoms with Crippen LogP contribution in [0.1, 0.15) is 12.5 Å². The van der Waals surface area contributed by atoms with Gasteiger partial charge in [0.05, 0.1) is 6.61 Å². The highest BCUT2D eigenvalue weighted by molar-refractivity contribution is 7.98. The van der Waals surface area contributed by atoms with Gasteiger partial charge in [0.15, 0.2) is 5.16 Å². The molecule has 0 saturated heterocycles. The zero-order valence-corrected chi connectivity index (χ0v) is 16.7. The van der Waals surface area contributed by atoms with Crippen molar-refractivity contribution in [1.82, 2.24) is 19.2 Å². The Morgan fingerprint density at radius 1 is 1.07 bits per heavy atom. The lowest BCUT2D eigenvalue weighted by Crippen LogP contribution is -2.20. The van der Waals surface area contributed by atoms with E-state index >= 15 is 0 Å². The first-order valence-corrected chi connectivity index (χ1v) is 10.1. The Hall–Kier alpha value is -2.77. The zero-order chi connectivity index (χ0) is 19.5. The van der Waals surface area contributed by atoms with Gasteiger partial charge in [0.1, 0.15) is 5.75 Å². The Bertz CT molecular complexity index is 1170. The van der Waals surface area contributed by atoms with Gasteiger partial charge in [0, 0.05) is 28.9 Å². The minimum absolute atomic E-state index is 0.233. The normalized spacial score (nSPS) is 11.1. The van der Waals surface area contributed by atoms with Gasteiger partial charge in [-0.25, -0.2) is 0 Å². The average molecular weight is 413 g/mol. The Balaban J connectivity index is 1.62. The number of hydrogen-bond acceptors (Lipinski definition) is 5. The summed E-state index contributed by atoms with van der Waals surface area (Å²) in [6.45, 7) is 2.53. The third kappa shape index (κ3) is 3.63. The molecule has 4 rings (SSSR count). The predicted octanol–water partition coefficient (Wildman–Crippen LogP) is 4.22. The fourth-order valence-corrected chi connectivity index (χ4v) is 4.00. The zero-order valence-electron chi connectivity index (χ0n) is 15.1. The van der Waals surface area contributed by atoms with Crippen molar-refractivity contribution in [3.63, 3.8) is 0 Å². The van der Waals surface area contributed by atoms with E-state index in [4.69, 9.17) is 16.3 Å². The molecule has 0 amide bonds. The number of hydrogen-bond donors (Lipinski definition) is 0. The van der Waals surface area contributed by atoms with Crippen molar-refractivity contribution in [2.75, 3.05) is 6.61 Å². The number of thioether (sulfide) groups is 1. The van der Waals surface area contributed by atoms with E-state index in [-0.39, 0.29) is 11.2 Å². The molecule has 0 fully saturated rings. The number of ether oxygens (including phenoxy) is 1. The van der Waals surface area contributed by atoms with Gasteiger partial charge in [-0.3, -0.25) is 13.8 Å². The maximum atomic E-state index is 12.9. The Labute approximate surface area is 170 Å². The molecule has 0 unspecified atom stereocenters. The molecule has 0 bridgehead atoms. The molecule has 2 heterocycles. The maximum absolute atomic E-state index is 12.9. The highest BCUT2D eigenvalue weighted by Crippen LogP contribution is 2.25. The number of fused-ring (bicyclic) bond motifs is 1. The summed E-state index contributed by atoms with van der Waals surface area (Å²) in [6, 6.07) is 15.0. The molecule has 0 aliphatic carbocycles. The van der Waals surface area contributed by atoms with Crippen LogP contribution in [0.4, 0.5) is 0 Å². The summed E-state index contributed by atoms with van der Waals surface area (Å²) in [6.07, 6.45) is 3.51. The van der Waals surface area contributed by atoms with Gasteiger partial charge in [0.25, 0.3) is 0 Å². The molecule has 0 saturated carbocycles. The second kappa shape index (κ2) is 8.08. The second-order valence-electron chi connectivity index (χ2n) is 5.96. The topological polar surface area (TPSA) is 61.4 Å². The van der Waals surface area contributed by atoms with Crippen molar-refractivity contribution in [2.24, 2.45) is 0 Å².